The average Bonchev–Trinajstić information content (AvgIpc) is 2.81. The van der Waals surface area contributed by atoms with Crippen molar-refractivity contribution in [3.05, 3.63) is 12.0 Å². The Bertz CT molecular complexity index is 472. The second-order valence-corrected chi connectivity index (χ2v) is 5.93. The number of nitrogens with zero attached hydrogens (tertiary/aromatic N) is 2. The summed E-state index contributed by atoms with van der Waals surface area (Å²) in [5, 5.41) is 0. The number of hydrogen-bond donors (Lipinski definition) is 1. The van der Waals surface area contributed by atoms with Gasteiger partial charge in [0.2, 0.25) is 0 Å². The van der Waals surface area contributed by atoms with Crippen LogP contribution in [0.2, 0.25) is 0 Å². The third-order valence-electron chi connectivity index (χ3n) is 2.92. The molecule has 0 saturated carbocycles. The Kier molecular flexibility index (Phi) is 3.56. The smallest absolute Gasteiger partial charge is 0.411 e. The van der Waals surface area contributed by atoms with E-state index in [9.17, 15) is 9.18 Å². The van der Waals surface area contributed by atoms with Crippen molar-refractivity contribution in [1.82, 2.24) is 14.9 Å². The topological polar surface area (TPSA) is 58.2 Å². The van der Waals surface area contributed by atoms with Crippen LogP contribution >= 0.6 is 0 Å². The van der Waals surface area contributed by atoms with Crippen LogP contribution in [0, 0.1) is 0 Å². The molecule has 0 aromatic carbocycles. The fraction of sp³-hybridized carbons (Fsp3) is 0.667. The van der Waals surface area contributed by atoms with Gasteiger partial charge < -0.3 is 9.72 Å². The SMILES string of the molecule is Bc1cnc(C2C[C@@H](F)CN2C(=O)OC(C)(C)C)[nH]1. The van der Waals surface area contributed by atoms with Gasteiger partial charge >= 0.3 is 6.09 Å². The van der Waals surface area contributed by atoms with Gasteiger partial charge in [-0.3, -0.25) is 4.90 Å². The summed E-state index contributed by atoms with van der Waals surface area (Å²) < 4.78 is 18.9. The Balaban J connectivity index is 2.16. The summed E-state index contributed by atoms with van der Waals surface area (Å²) in [6, 6.07) is -0.376. The third kappa shape index (κ3) is 3.27. The Labute approximate surface area is 112 Å². The minimum Gasteiger partial charge on any atom is -0.444 e. The Morgan fingerprint density at radius 1 is 1.63 bits per heavy atom. The Hall–Kier alpha value is -1.53. The van der Waals surface area contributed by atoms with Gasteiger partial charge in [-0.2, -0.15) is 0 Å². The van der Waals surface area contributed by atoms with Crippen LogP contribution in [0.15, 0.2) is 6.20 Å². The molecule has 0 radical (unpaired) electrons. The predicted molar refractivity (Wildman–Crippen MR) is 72.0 cm³/mol. The number of imidazole rings is 1. The molecular formula is C12H19BFN3O2. The van der Waals surface area contributed by atoms with E-state index in [2.05, 4.69) is 9.97 Å². The summed E-state index contributed by atoms with van der Waals surface area (Å²) in [6.07, 6.45) is 0.398. The van der Waals surface area contributed by atoms with Crippen molar-refractivity contribution in [2.75, 3.05) is 6.54 Å². The first kappa shape index (κ1) is 13.9. The molecule has 0 bridgehead atoms. The highest BCUT2D eigenvalue weighted by Gasteiger charge is 2.39. The van der Waals surface area contributed by atoms with Gasteiger partial charge in [-0.1, -0.05) is 0 Å². The van der Waals surface area contributed by atoms with E-state index in [1.807, 2.05) is 7.85 Å². The zero-order valence-electron chi connectivity index (χ0n) is 11.7. The van der Waals surface area contributed by atoms with Crippen molar-refractivity contribution in [2.45, 2.75) is 45.0 Å². The number of aromatic amines is 1. The average molecular weight is 267 g/mol. The first-order valence-corrected chi connectivity index (χ1v) is 6.41. The van der Waals surface area contributed by atoms with Crippen molar-refractivity contribution >= 4 is 19.5 Å². The predicted octanol–water partition coefficient (Wildman–Crippen LogP) is 0.688. The number of aromatic nitrogens is 2. The molecule has 5 nitrogen and oxygen atoms in total. The third-order valence-corrected chi connectivity index (χ3v) is 2.92. The lowest BCUT2D eigenvalue weighted by Crippen LogP contribution is -2.37. The molecule has 2 heterocycles. The molecule has 1 aliphatic heterocycles. The van der Waals surface area contributed by atoms with Crippen molar-refractivity contribution in [3.63, 3.8) is 0 Å². The summed E-state index contributed by atoms with van der Waals surface area (Å²) >= 11 is 0. The molecule has 0 spiro atoms. The lowest BCUT2D eigenvalue weighted by Gasteiger charge is -2.27. The molecule has 104 valence electrons. The van der Waals surface area contributed by atoms with Crippen LogP contribution in [0.5, 0.6) is 0 Å². The molecule has 1 fully saturated rings. The lowest BCUT2D eigenvalue weighted by molar-refractivity contribution is 0.0211. The van der Waals surface area contributed by atoms with Gasteiger partial charge in [-0.05, 0) is 26.4 Å². The highest BCUT2D eigenvalue weighted by atomic mass is 19.1. The van der Waals surface area contributed by atoms with Crippen LogP contribution in [-0.2, 0) is 4.74 Å². The first-order chi connectivity index (χ1) is 8.76. The molecule has 7 heteroatoms. The van der Waals surface area contributed by atoms with Crippen molar-refractivity contribution in [1.29, 1.82) is 0 Å². The van der Waals surface area contributed by atoms with Crippen LogP contribution in [0.25, 0.3) is 0 Å². The number of likely N-dealkylation sites (tertiary alicyclic amines) is 1. The molecule has 19 heavy (non-hydrogen) atoms. The zero-order chi connectivity index (χ0) is 14.2. The molecular weight excluding hydrogens is 248 g/mol. The van der Waals surface area contributed by atoms with E-state index >= 15 is 0 Å². The fourth-order valence-corrected chi connectivity index (χ4v) is 2.17. The molecule has 1 aromatic heterocycles. The number of amides is 1. The van der Waals surface area contributed by atoms with Crippen LogP contribution in [0.4, 0.5) is 9.18 Å². The summed E-state index contributed by atoms with van der Waals surface area (Å²) in [5.41, 5.74) is 0.302. The second-order valence-electron chi connectivity index (χ2n) is 5.93. The number of rotatable bonds is 1. The molecule has 1 unspecified atom stereocenters. The van der Waals surface area contributed by atoms with Crippen molar-refractivity contribution < 1.29 is 13.9 Å². The number of halogens is 1. The number of H-pyrrole nitrogens is 1. The molecule has 1 aromatic rings. The fourth-order valence-electron chi connectivity index (χ4n) is 2.17. The van der Waals surface area contributed by atoms with E-state index in [-0.39, 0.29) is 19.0 Å². The lowest BCUT2D eigenvalue weighted by atomic mass is 10.1. The van der Waals surface area contributed by atoms with Gasteiger partial charge in [-0.25, -0.2) is 14.2 Å². The molecule has 0 aliphatic carbocycles. The van der Waals surface area contributed by atoms with E-state index in [1.54, 1.807) is 27.0 Å². The van der Waals surface area contributed by atoms with Gasteiger partial charge in [-0.15, -0.1) is 0 Å². The number of carbonyl (C=O) groups is 1. The molecule has 1 saturated heterocycles. The molecule has 1 aliphatic rings. The van der Waals surface area contributed by atoms with E-state index in [4.69, 9.17) is 4.74 Å². The standard InChI is InChI=1S/C12H19BFN3O2/c1-12(2,3)19-11(18)17-6-7(14)4-8(17)10-15-5-9(13)16-10/h5,7-8H,4,6,13H2,1-3H3,(H,15,16)/t7-,8?/m1/s1. The van der Waals surface area contributed by atoms with Gasteiger partial charge in [0.1, 0.15) is 17.6 Å². The number of alkyl halides is 1. The minimum absolute atomic E-state index is 0.0549. The van der Waals surface area contributed by atoms with E-state index in [0.717, 1.165) is 5.59 Å². The maximum absolute atomic E-state index is 13.6. The number of carbonyl (C=O) groups excluding carboxylic acids is 1. The van der Waals surface area contributed by atoms with Crippen LogP contribution in [-0.4, -0.2) is 47.1 Å². The summed E-state index contributed by atoms with van der Waals surface area (Å²) in [5.74, 6) is 0.614. The quantitative estimate of drug-likeness (QED) is 0.761. The number of hydrogen-bond acceptors (Lipinski definition) is 3. The van der Waals surface area contributed by atoms with Crippen LogP contribution in [0.3, 0.4) is 0 Å². The van der Waals surface area contributed by atoms with E-state index in [0.29, 0.717) is 5.82 Å². The molecule has 2 atom stereocenters. The maximum atomic E-state index is 13.6. The van der Waals surface area contributed by atoms with Gasteiger partial charge in [0.25, 0.3) is 0 Å². The van der Waals surface area contributed by atoms with Crippen LogP contribution < -0.4 is 5.59 Å². The molecule has 2 rings (SSSR count). The first-order valence-electron chi connectivity index (χ1n) is 6.41. The summed E-state index contributed by atoms with van der Waals surface area (Å²) in [7, 11) is 1.87. The van der Waals surface area contributed by atoms with Crippen LogP contribution in [0.1, 0.15) is 39.1 Å². The second kappa shape index (κ2) is 4.87. The highest BCUT2D eigenvalue weighted by molar-refractivity contribution is 6.30. The summed E-state index contributed by atoms with van der Waals surface area (Å²) in [6.45, 7) is 5.43. The van der Waals surface area contributed by atoms with Gasteiger partial charge in [0, 0.05) is 12.6 Å². The summed E-state index contributed by atoms with van der Waals surface area (Å²) in [4.78, 5) is 20.8. The molecule has 1 N–H and O–H groups in total. The Morgan fingerprint density at radius 2 is 2.32 bits per heavy atom. The zero-order valence-corrected chi connectivity index (χ0v) is 11.7. The normalized spacial score (nSPS) is 23.7. The number of ether oxygens (including phenoxy) is 1. The monoisotopic (exact) mass is 267 g/mol. The minimum atomic E-state index is -1.04. The van der Waals surface area contributed by atoms with Crippen molar-refractivity contribution in [2.24, 2.45) is 0 Å². The Morgan fingerprint density at radius 3 is 2.84 bits per heavy atom. The van der Waals surface area contributed by atoms with E-state index < -0.39 is 17.9 Å². The van der Waals surface area contributed by atoms with Gasteiger partial charge in [0.05, 0.1) is 12.6 Å². The van der Waals surface area contributed by atoms with Crippen molar-refractivity contribution in [3.8, 4) is 0 Å². The largest absolute Gasteiger partial charge is 0.444 e. The van der Waals surface area contributed by atoms with E-state index in [1.165, 1.54) is 4.90 Å². The number of nitrogens with one attached hydrogen (secondary N) is 1. The molecule has 1 amide bonds. The van der Waals surface area contributed by atoms with Gasteiger partial charge in [0.15, 0.2) is 7.85 Å². The maximum Gasteiger partial charge on any atom is 0.411 e. The highest BCUT2D eigenvalue weighted by Crippen LogP contribution is 2.32.